The summed E-state index contributed by atoms with van der Waals surface area (Å²) < 4.78 is 41.6. The molecule has 0 bridgehead atoms. The quantitative estimate of drug-likeness (QED) is 0.129. The number of sulfonamides is 1. The van der Waals surface area contributed by atoms with Crippen molar-refractivity contribution in [3.8, 4) is 0 Å². The van der Waals surface area contributed by atoms with Gasteiger partial charge >= 0.3 is 12.1 Å². The molecule has 0 saturated heterocycles. The minimum atomic E-state index is -4.26. The fourth-order valence-electron chi connectivity index (χ4n) is 5.02. The van der Waals surface area contributed by atoms with Crippen LogP contribution in [0, 0.1) is 0 Å². The Morgan fingerprint density at radius 2 is 1.74 bits per heavy atom. The van der Waals surface area contributed by atoms with Gasteiger partial charge in [-0.1, -0.05) is 42.5 Å². The molecule has 2 N–H and O–H groups in total. The molecule has 5 rings (SSSR count). The van der Waals surface area contributed by atoms with Crippen molar-refractivity contribution in [1.29, 1.82) is 0 Å². The van der Waals surface area contributed by atoms with Crippen molar-refractivity contribution in [3.05, 3.63) is 95.9 Å². The Morgan fingerprint density at radius 3 is 2.45 bits per heavy atom. The maximum Gasteiger partial charge on any atom is 0.436 e. The first kappa shape index (κ1) is 33.1. The monoisotopic (exact) mass is 656 g/mol. The predicted octanol–water partition coefficient (Wildman–Crippen LogP) is 5.11. The number of aliphatic imine (C=N–C) groups is 1. The zero-order valence-corrected chi connectivity index (χ0v) is 27.6. The number of amidine groups is 1. The number of nitrogens with zero attached hydrogens (tertiary/aromatic N) is 5. The molecular weight excluding hydrogens is 620 g/mol. The van der Waals surface area contributed by atoms with Gasteiger partial charge in [0.1, 0.15) is 28.7 Å². The molecule has 13 heteroatoms. The van der Waals surface area contributed by atoms with Gasteiger partial charge in [0.25, 0.3) is 10.0 Å². The largest absolute Gasteiger partial charge is 0.465 e. The number of aryl methyl sites for hydroxylation is 1. The van der Waals surface area contributed by atoms with Gasteiger partial charge in [0.15, 0.2) is 0 Å². The lowest BCUT2D eigenvalue weighted by atomic mass is 10.1. The van der Waals surface area contributed by atoms with E-state index in [4.69, 9.17) is 20.2 Å². The van der Waals surface area contributed by atoms with Crippen LogP contribution in [0.5, 0.6) is 0 Å². The standard InChI is InChI=1S/C34H36N6O6S/c1-6-45-30(41)21-40(47(43,44)28-11-7-9-23-10-8-18-36-31(23)28)25-16-17-27-26(20-25)37-29(39(27)5)19-22-12-14-24(15-13-22)32(35)38-33(42)46-34(2,3)4/h7-18,20H,6,19,21H2,1-5H3,(H2,35,38,42). The lowest BCUT2D eigenvalue weighted by Crippen LogP contribution is -2.36. The molecule has 0 atom stereocenters. The van der Waals surface area contributed by atoms with Gasteiger partial charge in [-0.15, -0.1) is 0 Å². The van der Waals surface area contributed by atoms with Crippen LogP contribution in [0.25, 0.3) is 21.9 Å². The third-order valence-electron chi connectivity index (χ3n) is 7.20. The first-order chi connectivity index (χ1) is 22.3. The molecule has 0 aliphatic heterocycles. The van der Waals surface area contributed by atoms with Gasteiger partial charge in [-0.25, -0.2) is 18.2 Å². The average Bonchev–Trinajstić information content (AvgIpc) is 3.32. The number of para-hydroxylation sites is 1. The summed E-state index contributed by atoms with van der Waals surface area (Å²) >= 11 is 0. The number of esters is 1. The molecule has 47 heavy (non-hydrogen) atoms. The molecular formula is C34H36N6O6S. The number of carbonyl (C=O) groups excluding carboxylic acids is 2. The van der Waals surface area contributed by atoms with Crippen LogP contribution < -0.4 is 10.0 Å². The number of benzene rings is 3. The number of pyridine rings is 1. The Hall–Kier alpha value is -5.30. The van der Waals surface area contributed by atoms with Crippen LogP contribution in [0.2, 0.25) is 0 Å². The minimum absolute atomic E-state index is 0.0260. The zero-order valence-electron chi connectivity index (χ0n) is 26.8. The van der Waals surface area contributed by atoms with E-state index in [1.165, 1.54) is 12.3 Å². The summed E-state index contributed by atoms with van der Waals surface area (Å²) in [6.45, 7) is 6.48. The molecule has 2 aromatic heterocycles. The Labute approximate surface area is 272 Å². The first-order valence-electron chi connectivity index (χ1n) is 14.9. The van der Waals surface area contributed by atoms with E-state index in [1.54, 1.807) is 82.3 Å². The number of carbonyl (C=O) groups is 2. The van der Waals surface area contributed by atoms with E-state index < -0.39 is 34.2 Å². The number of fused-ring (bicyclic) bond motifs is 2. The fourth-order valence-corrected chi connectivity index (χ4v) is 6.59. The molecule has 0 unspecified atom stereocenters. The second-order valence-electron chi connectivity index (χ2n) is 11.8. The summed E-state index contributed by atoms with van der Waals surface area (Å²) in [5, 5.41) is 0.653. The number of rotatable bonds is 9. The van der Waals surface area contributed by atoms with Gasteiger partial charge in [-0.05, 0) is 63.6 Å². The van der Waals surface area contributed by atoms with Crippen molar-refractivity contribution in [2.75, 3.05) is 17.5 Å². The van der Waals surface area contributed by atoms with Gasteiger partial charge in [0, 0.05) is 30.6 Å². The topological polar surface area (TPSA) is 159 Å². The highest BCUT2D eigenvalue weighted by Gasteiger charge is 2.30. The lowest BCUT2D eigenvalue weighted by molar-refractivity contribution is -0.141. The molecule has 3 aromatic carbocycles. The summed E-state index contributed by atoms with van der Waals surface area (Å²) in [4.78, 5) is 37.6. The Morgan fingerprint density at radius 1 is 1.02 bits per heavy atom. The second kappa shape index (κ2) is 13.2. The zero-order chi connectivity index (χ0) is 33.9. The smallest absolute Gasteiger partial charge is 0.436 e. The van der Waals surface area contributed by atoms with Crippen LogP contribution in [0.4, 0.5) is 10.5 Å². The molecule has 0 saturated carbocycles. The van der Waals surface area contributed by atoms with E-state index >= 15 is 0 Å². The highest BCUT2D eigenvalue weighted by Crippen LogP contribution is 2.30. The Kier molecular flexibility index (Phi) is 9.29. The van der Waals surface area contributed by atoms with Crippen molar-refractivity contribution in [1.82, 2.24) is 14.5 Å². The summed E-state index contributed by atoms with van der Waals surface area (Å²) in [6.07, 6.45) is 1.22. The van der Waals surface area contributed by atoms with E-state index in [9.17, 15) is 18.0 Å². The van der Waals surface area contributed by atoms with Gasteiger partial charge in [-0.2, -0.15) is 4.99 Å². The van der Waals surface area contributed by atoms with E-state index in [1.807, 2.05) is 23.7 Å². The molecule has 2 heterocycles. The summed E-state index contributed by atoms with van der Waals surface area (Å²) in [5.41, 5.74) is 8.71. The lowest BCUT2D eigenvalue weighted by Gasteiger charge is -2.24. The van der Waals surface area contributed by atoms with Crippen LogP contribution in [0.3, 0.4) is 0 Å². The molecule has 0 aliphatic rings. The molecule has 0 radical (unpaired) electrons. The van der Waals surface area contributed by atoms with Crippen molar-refractivity contribution in [2.24, 2.45) is 17.8 Å². The van der Waals surface area contributed by atoms with Crippen LogP contribution >= 0.6 is 0 Å². The third kappa shape index (κ3) is 7.41. The van der Waals surface area contributed by atoms with Crippen LogP contribution in [-0.4, -0.2) is 59.6 Å². The van der Waals surface area contributed by atoms with E-state index in [2.05, 4.69) is 9.98 Å². The second-order valence-corrected chi connectivity index (χ2v) is 13.6. The van der Waals surface area contributed by atoms with Gasteiger partial charge in [0.05, 0.1) is 28.8 Å². The molecule has 0 spiro atoms. The van der Waals surface area contributed by atoms with Gasteiger partial charge < -0.3 is 19.8 Å². The maximum atomic E-state index is 14.1. The van der Waals surface area contributed by atoms with Crippen LogP contribution in [-0.2, 0) is 37.8 Å². The van der Waals surface area contributed by atoms with Crippen molar-refractivity contribution in [3.63, 3.8) is 0 Å². The number of amides is 1. The van der Waals surface area contributed by atoms with Crippen molar-refractivity contribution in [2.45, 2.75) is 44.6 Å². The predicted molar refractivity (Wildman–Crippen MR) is 180 cm³/mol. The maximum absolute atomic E-state index is 14.1. The molecule has 0 aliphatic carbocycles. The molecule has 244 valence electrons. The van der Waals surface area contributed by atoms with Crippen molar-refractivity contribution >= 4 is 55.5 Å². The summed E-state index contributed by atoms with van der Waals surface area (Å²) in [5.74, 6) is 0.0762. The van der Waals surface area contributed by atoms with Crippen LogP contribution in [0.1, 0.15) is 44.6 Å². The van der Waals surface area contributed by atoms with Gasteiger partial charge in [-0.3, -0.25) is 14.1 Å². The number of hydrogen-bond donors (Lipinski definition) is 1. The average molecular weight is 657 g/mol. The molecule has 1 amide bonds. The molecule has 12 nitrogen and oxygen atoms in total. The highest BCUT2D eigenvalue weighted by molar-refractivity contribution is 7.93. The number of imidazole rings is 1. The van der Waals surface area contributed by atoms with Crippen LogP contribution in [0.15, 0.2) is 88.9 Å². The SMILES string of the molecule is CCOC(=O)CN(c1ccc2c(c1)nc(Cc1ccc(C(N)=NC(=O)OC(C)(C)C)cc1)n2C)S(=O)(=O)c1cccc2cccnc12. The highest BCUT2D eigenvalue weighted by atomic mass is 32.2. The summed E-state index contributed by atoms with van der Waals surface area (Å²) in [6, 6.07) is 20.7. The molecule has 5 aromatic rings. The van der Waals surface area contributed by atoms with E-state index in [0.29, 0.717) is 28.4 Å². The fraction of sp³-hybridized carbons (Fsp3) is 0.265. The number of ether oxygens (including phenoxy) is 2. The van der Waals surface area contributed by atoms with E-state index in [-0.39, 0.29) is 23.0 Å². The number of hydrogen-bond acceptors (Lipinski definition) is 8. The minimum Gasteiger partial charge on any atom is -0.465 e. The normalized spacial score (nSPS) is 12.3. The van der Waals surface area contributed by atoms with E-state index in [0.717, 1.165) is 21.2 Å². The number of anilines is 1. The molecule has 0 fully saturated rings. The number of nitrogens with two attached hydrogens (primary N) is 1. The van der Waals surface area contributed by atoms with Gasteiger partial charge in [0.2, 0.25) is 0 Å². The first-order valence-corrected chi connectivity index (χ1v) is 16.3. The Balaban J connectivity index is 1.45. The van der Waals surface area contributed by atoms with Crippen molar-refractivity contribution < 1.29 is 27.5 Å². The third-order valence-corrected chi connectivity index (χ3v) is 9.01. The number of aromatic nitrogens is 3. The Bertz CT molecular complexity index is 2090. The summed E-state index contributed by atoms with van der Waals surface area (Å²) in [7, 11) is -2.38.